The number of nitrogens with one attached hydrogen (secondary N) is 2. The summed E-state index contributed by atoms with van der Waals surface area (Å²) in [5.74, 6) is 0.373. The molecule has 4 heteroatoms. The molecule has 0 bridgehead atoms. The Morgan fingerprint density at radius 1 is 1.33 bits per heavy atom. The molecular weight excluding hydrogens is 192 g/mol. The van der Waals surface area contributed by atoms with E-state index in [-0.39, 0.29) is 17.9 Å². The van der Waals surface area contributed by atoms with Gasteiger partial charge in [0.25, 0.3) is 0 Å². The highest BCUT2D eigenvalue weighted by Gasteiger charge is 2.25. The highest BCUT2D eigenvalue weighted by molar-refractivity contribution is 5.79. The number of carbonyl (C=O) groups excluding carboxylic acids is 1. The van der Waals surface area contributed by atoms with Crippen LogP contribution in [0.5, 0.6) is 0 Å². The third-order valence-corrected chi connectivity index (χ3v) is 3.18. The fourth-order valence-electron chi connectivity index (χ4n) is 1.98. The number of rotatable bonds is 3. The summed E-state index contributed by atoms with van der Waals surface area (Å²) >= 11 is 0. The van der Waals surface area contributed by atoms with E-state index >= 15 is 0 Å². The number of amides is 1. The van der Waals surface area contributed by atoms with Gasteiger partial charge in [0.15, 0.2) is 0 Å². The molecule has 0 aromatic rings. The number of ether oxygens (including phenoxy) is 1. The van der Waals surface area contributed by atoms with E-state index in [2.05, 4.69) is 10.6 Å². The van der Waals surface area contributed by atoms with Crippen molar-refractivity contribution in [2.24, 2.45) is 5.92 Å². The lowest BCUT2D eigenvalue weighted by Gasteiger charge is -2.26. The normalized spacial score (nSPS) is 27.9. The molecule has 2 rings (SSSR count). The van der Waals surface area contributed by atoms with Gasteiger partial charge < -0.3 is 15.4 Å². The van der Waals surface area contributed by atoms with Gasteiger partial charge in [-0.1, -0.05) is 12.8 Å². The molecule has 15 heavy (non-hydrogen) atoms. The maximum atomic E-state index is 11.5. The Balaban J connectivity index is 1.64. The molecule has 2 aliphatic rings. The van der Waals surface area contributed by atoms with E-state index in [9.17, 15) is 4.79 Å². The van der Waals surface area contributed by atoms with Crippen molar-refractivity contribution in [1.29, 1.82) is 0 Å². The van der Waals surface area contributed by atoms with Crippen LogP contribution in [0.3, 0.4) is 0 Å². The average molecular weight is 212 g/mol. The minimum Gasteiger partial charge on any atom is -0.376 e. The predicted molar refractivity (Wildman–Crippen MR) is 57.6 cm³/mol. The first-order valence-corrected chi connectivity index (χ1v) is 5.96. The average Bonchev–Trinajstić information content (AvgIpc) is 2.40. The zero-order valence-electron chi connectivity index (χ0n) is 9.13. The third-order valence-electron chi connectivity index (χ3n) is 3.18. The summed E-state index contributed by atoms with van der Waals surface area (Å²) < 4.78 is 5.65. The van der Waals surface area contributed by atoms with Crippen LogP contribution in [0.1, 0.15) is 25.7 Å². The Labute approximate surface area is 90.8 Å². The van der Waals surface area contributed by atoms with Gasteiger partial charge in [-0.3, -0.25) is 4.79 Å². The summed E-state index contributed by atoms with van der Waals surface area (Å²) in [6.07, 6.45) is 4.98. The Kier molecular flexibility index (Phi) is 3.97. The molecule has 0 saturated carbocycles. The van der Waals surface area contributed by atoms with E-state index < -0.39 is 0 Å². The molecule has 1 unspecified atom stereocenters. The minimum atomic E-state index is 0.182. The molecule has 86 valence electrons. The molecule has 0 spiro atoms. The van der Waals surface area contributed by atoms with E-state index in [0.29, 0.717) is 6.54 Å². The number of carbonyl (C=O) groups is 1. The topological polar surface area (TPSA) is 50.4 Å². The van der Waals surface area contributed by atoms with Crippen LogP contribution in [-0.4, -0.2) is 38.3 Å². The molecule has 2 aliphatic heterocycles. The van der Waals surface area contributed by atoms with Gasteiger partial charge in [-0.2, -0.15) is 0 Å². The van der Waals surface area contributed by atoms with E-state index in [1.807, 2.05) is 0 Å². The summed E-state index contributed by atoms with van der Waals surface area (Å²) in [6.45, 7) is 3.20. The lowest BCUT2D eigenvalue weighted by Crippen LogP contribution is -2.51. The van der Waals surface area contributed by atoms with Crippen molar-refractivity contribution in [3.8, 4) is 0 Å². The van der Waals surface area contributed by atoms with E-state index in [4.69, 9.17) is 4.74 Å². The van der Waals surface area contributed by atoms with E-state index in [0.717, 1.165) is 32.5 Å². The lowest BCUT2D eigenvalue weighted by atomic mass is 10.0. The van der Waals surface area contributed by atoms with Crippen LogP contribution in [0, 0.1) is 5.92 Å². The second-order valence-electron chi connectivity index (χ2n) is 4.44. The molecule has 2 saturated heterocycles. The van der Waals surface area contributed by atoms with Gasteiger partial charge in [0.1, 0.15) is 0 Å². The minimum absolute atomic E-state index is 0.182. The molecule has 2 fully saturated rings. The molecule has 2 heterocycles. The summed E-state index contributed by atoms with van der Waals surface area (Å²) in [4.78, 5) is 11.5. The standard InChI is InChI=1S/C11H20N2O2/c14-11(9-6-12-7-9)13-8-10-4-2-1-3-5-15-10/h9-10,12H,1-8H2,(H,13,14). The molecular formula is C11H20N2O2. The third kappa shape index (κ3) is 3.18. The van der Waals surface area contributed by atoms with Crippen molar-refractivity contribution in [2.75, 3.05) is 26.2 Å². The molecule has 0 radical (unpaired) electrons. The van der Waals surface area contributed by atoms with Gasteiger partial charge in [-0.15, -0.1) is 0 Å². The first kappa shape index (κ1) is 10.9. The van der Waals surface area contributed by atoms with Crippen molar-refractivity contribution in [2.45, 2.75) is 31.8 Å². The molecule has 0 aliphatic carbocycles. The highest BCUT2D eigenvalue weighted by atomic mass is 16.5. The van der Waals surface area contributed by atoms with Gasteiger partial charge in [-0.05, 0) is 12.8 Å². The lowest BCUT2D eigenvalue weighted by molar-refractivity contribution is -0.127. The van der Waals surface area contributed by atoms with Crippen LogP contribution in [0.15, 0.2) is 0 Å². The quantitative estimate of drug-likeness (QED) is 0.706. The van der Waals surface area contributed by atoms with E-state index in [1.54, 1.807) is 0 Å². The molecule has 4 nitrogen and oxygen atoms in total. The predicted octanol–water partition coefficient (Wildman–Crippen LogP) is 0.281. The zero-order valence-corrected chi connectivity index (χ0v) is 9.13. The fourth-order valence-corrected chi connectivity index (χ4v) is 1.98. The fraction of sp³-hybridized carbons (Fsp3) is 0.909. The van der Waals surface area contributed by atoms with Gasteiger partial charge >= 0.3 is 0 Å². The Bertz CT molecular complexity index is 209. The van der Waals surface area contributed by atoms with E-state index in [1.165, 1.54) is 12.8 Å². The van der Waals surface area contributed by atoms with Gasteiger partial charge in [0, 0.05) is 26.2 Å². The first-order chi connectivity index (χ1) is 7.36. The largest absolute Gasteiger partial charge is 0.376 e. The smallest absolute Gasteiger partial charge is 0.225 e. The van der Waals surface area contributed by atoms with Crippen molar-refractivity contribution in [3.63, 3.8) is 0 Å². The summed E-state index contributed by atoms with van der Waals surface area (Å²) in [5.41, 5.74) is 0. The van der Waals surface area contributed by atoms with Crippen molar-refractivity contribution in [3.05, 3.63) is 0 Å². The number of hydrogen-bond acceptors (Lipinski definition) is 3. The molecule has 1 amide bonds. The highest BCUT2D eigenvalue weighted by Crippen LogP contribution is 2.12. The molecule has 0 aromatic carbocycles. The van der Waals surface area contributed by atoms with Crippen LogP contribution in [-0.2, 0) is 9.53 Å². The van der Waals surface area contributed by atoms with Crippen LogP contribution < -0.4 is 10.6 Å². The Hall–Kier alpha value is -0.610. The summed E-state index contributed by atoms with van der Waals surface area (Å²) in [5, 5.41) is 6.08. The maximum absolute atomic E-state index is 11.5. The Morgan fingerprint density at radius 3 is 2.93 bits per heavy atom. The monoisotopic (exact) mass is 212 g/mol. The molecule has 2 N–H and O–H groups in total. The second kappa shape index (κ2) is 5.47. The van der Waals surface area contributed by atoms with Crippen LogP contribution >= 0.6 is 0 Å². The number of hydrogen-bond donors (Lipinski definition) is 2. The van der Waals surface area contributed by atoms with Gasteiger partial charge in [-0.25, -0.2) is 0 Å². The molecule has 0 aromatic heterocycles. The zero-order chi connectivity index (χ0) is 10.5. The maximum Gasteiger partial charge on any atom is 0.225 e. The van der Waals surface area contributed by atoms with Gasteiger partial charge in [0.05, 0.1) is 12.0 Å². The Morgan fingerprint density at radius 2 is 2.20 bits per heavy atom. The van der Waals surface area contributed by atoms with Crippen molar-refractivity contribution < 1.29 is 9.53 Å². The van der Waals surface area contributed by atoms with Crippen LogP contribution in [0.25, 0.3) is 0 Å². The summed E-state index contributed by atoms with van der Waals surface area (Å²) in [7, 11) is 0. The second-order valence-corrected chi connectivity index (χ2v) is 4.44. The summed E-state index contributed by atoms with van der Waals surface area (Å²) in [6, 6.07) is 0. The van der Waals surface area contributed by atoms with Crippen molar-refractivity contribution in [1.82, 2.24) is 10.6 Å². The SMILES string of the molecule is O=C(NCC1CCCCCO1)C1CNC1. The van der Waals surface area contributed by atoms with Crippen LogP contribution in [0.2, 0.25) is 0 Å². The van der Waals surface area contributed by atoms with Gasteiger partial charge in [0.2, 0.25) is 5.91 Å². The van der Waals surface area contributed by atoms with Crippen molar-refractivity contribution >= 4 is 5.91 Å². The van der Waals surface area contributed by atoms with Crippen LogP contribution in [0.4, 0.5) is 0 Å². The molecule has 1 atom stereocenters. The first-order valence-electron chi connectivity index (χ1n) is 5.96.